The smallest absolute Gasteiger partial charge is 0.256 e. The standard InChI is InChI=1S/C18H27N3O4/c1-24-15-6-3-5-13(16(15)25-2)9-21-8-4-7-18(23,17(21)22)12-20-10-14(19)11-20/h3,5-6,14,23H,4,7-12,19H2,1-2H3/t18-/m1/s1. The summed E-state index contributed by atoms with van der Waals surface area (Å²) in [7, 11) is 3.17. The van der Waals surface area contributed by atoms with Gasteiger partial charge in [-0.15, -0.1) is 0 Å². The van der Waals surface area contributed by atoms with Crippen LogP contribution in [0.25, 0.3) is 0 Å². The number of nitrogens with zero attached hydrogens (tertiary/aromatic N) is 2. The highest BCUT2D eigenvalue weighted by Crippen LogP contribution is 2.33. The lowest BCUT2D eigenvalue weighted by Gasteiger charge is -2.45. The molecule has 2 aliphatic rings. The van der Waals surface area contributed by atoms with Crippen LogP contribution in [0.3, 0.4) is 0 Å². The first kappa shape index (κ1) is 18.0. The Bertz CT molecular complexity index is 633. The highest BCUT2D eigenvalue weighted by Gasteiger charge is 2.45. The molecule has 2 heterocycles. The van der Waals surface area contributed by atoms with Gasteiger partial charge in [0.15, 0.2) is 17.1 Å². The minimum absolute atomic E-state index is 0.152. The van der Waals surface area contributed by atoms with E-state index in [9.17, 15) is 9.90 Å². The number of nitrogens with two attached hydrogens (primary N) is 1. The fourth-order valence-corrected chi connectivity index (χ4v) is 3.76. The monoisotopic (exact) mass is 349 g/mol. The first-order chi connectivity index (χ1) is 12.0. The maximum atomic E-state index is 12.9. The Morgan fingerprint density at radius 2 is 2.08 bits per heavy atom. The van der Waals surface area contributed by atoms with E-state index in [1.165, 1.54) is 0 Å². The Morgan fingerprint density at radius 3 is 2.72 bits per heavy atom. The number of β-amino-alcohol motifs (C(OH)–C–C–N with tert-alkyl or cyclic N) is 1. The normalized spacial score (nSPS) is 25.0. The maximum Gasteiger partial charge on any atom is 0.256 e. The molecule has 7 heteroatoms. The zero-order chi connectivity index (χ0) is 18.0. The summed E-state index contributed by atoms with van der Waals surface area (Å²) < 4.78 is 10.8. The minimum atomic E-state index is -1.33. The van der Waals surface area contributed by atoms with Gasteiger partial charge in [-0.3, -0.25) is 9.69 Å². The van der Waals surface area contributed by atoms with Crippen LogP contribution < -0.4 is 15.2 Å². The summed E-state index contributed by atoms with van der Waals surface area (Å²) in [5.74, 6) is 1.04. The van der Waals surface area contributed by atoms with Gasteiger partial charge in [-0.05, 0) is 18.9 Å². The molecule has 0 aliphatic carbocycles. The van der Waals surface area contributed by atoms with Crippen molar-refractivity contribution < 1.29 is 19.4 Å². The Labute approximate surface area is 148 Å². The van der Waals surface area contributed by atoms with Gasteiger partial charge >= 0.3 is 0 Å². The number of benzene rings is 1. The number of methoxy groups -OCH3 is 2. The van der Waals surface area contributed by atoms with Crippen molar-refractivity contribution in [2.24, 2.45) is 5.73 Å². The van der Waals surface area contributed by atoms with Crippen LogP contribution in [0.2, 0.25) is 0 Å². The van der Waals surface area contributed by atoms with Gasteiger partial charge in [0.05, 0.1) is 14.2 Å². The fraction of sp³-hybridized carbons (Fsp3) is 0.611. The van der Waals surface area contributed by atoms with Crippen molar-refractivity contribution in [1.29, 1.82) is 0 Å². The summed E-state index contributed by atoms with van der Waals surface area (Å²) in [6, 6.07) is 5.76. The van der Waals surface area contributed by atoms with Crippen molar-refractivity contribution in [3.63, 3.8) is 0 Å². The molecule has 138 valence electrons. The molecule has 0 radical (unpaired) electrons. The molecule has 1 atom stereocenters. The Kier molecular flexibility index (Phi) is 5.17. The molecule has 0 aromatic heterocycles. The van der Waals surface area contributed by atoms with Gasteiger partial charge in [0.25, 0.3) is 5.91 Å². The van der Waals surface area contributed by atoms with Crippen molar-refractivity contribution in [3.05, 3.63) is 23.8 Å². The molecule has 3 N–H and O–H groups in total. The van der Waals surface area contributed by atoms with Crippen molar-refractivity contribution in [1.82, 2.24) is 9.80 Å². The Hall–Kier alpha value is -1.83. The van der Waals surface area contributed by atoms with Gasteiger partial charge < -0.3 is 25.2 Å². The van der Waals surface area contributed by atoms with E-state index in [1.54, 1.807) is 19.1 Å². The van der Waals surface area contributed by atoms with Gasteiger partial charge in [0.2, 0.25) is 0 Å². The van der Waals surface area contributed by atoms with Crippen molar-refractivity contribution in [2.45, 2.75) is 31.0 Å². The van der Waals surface area contributed by atoms with Crippen LogP contribution in [-0.4, -0.2) is 72.9 Å². The van der Waals surface area contributed by atoms with Crippen molar-refractivity contribution in [3.8, 4) is 11.5 Å². The molecule has 0 spiro atoms. The summed E-state index contributed by atoms with van der Waals surface area (Å²) >= 11 is 0. The Balaban J connectivity index is 1.73. The molecule has 3 rings (SSSR count). The molecule has 0 saturated carbocycles. The second kappa shape index (κ2) is 7.19. The van der Waals surface area contributed by atoms with E-state index >= 15 is 0 Å². The number of aliphatic hydroxyl groups is 1. The van der Waals surface area contributed by atoms with E-state index in [1.807, 2.05) is 23.1 Å². The van der Waals surface area contributed by atoms with Crippen LogP contribution in [0.15, 0.2) is 18.2 Å². The number of carbonyl (C=O) groups excluding carboxylic acids is 1. The number of ether oxygens (including phenoxy) is 2. The van der Waals surface area contributed by atoms with Gasteiger partial charge in [0.1, 0.15) is 0 Å². The minimum Gasteiger partial charge on any atom is -0.493 e. The lowest BCUT2D eigenvalue weighted by Crippen LogP contribution is -2.64. The second-order valence-corrected chi connectivity index (χ2v) is 6.97. The van der Waals surface area contributed by atoms with E-state index in [4.69, 9.17) is 15.2 Å². The number of para-hydroxylation sites is 1. The number of likely N-dealkylation sites (tertiary alicyclic amines) is 2. The van der Waals surface area contributed by atoms with Gasteiger partial charge in [0, 0.05) is 44.3 Å². The van der Waals surface area contributed by atoms with Crippen LogP contribution in [0, 0.1) is 0 Å². The number of piperidine rings is 1. The summed E-state index contributed by atoms with van der Waals surface area (Å²) in [4.78, 5) is 16.7. The molecular formula is C18H27N3O4. The quantitative estimate of drug-likeness (QED) is 0.763. The average molecular weight is 349 g/mol. The molecule has 2 aliphatic heterocycles. The predicted octanol–water partition coefficient (Wildman–Crippen LogP) is 0.200. The number of rotatable bonds is 6. The lowest BCUT2D eigenvalue weighted by molar-refractivity contribution is -0.161. The zero-order valence-corrected chi connectivity index (χ0v) is 14.9. The zero-order valence-electron chi connectivity index (χ0n) is 14.9. The largest absolute Gasteiger partial charge is 0.493 e. The van der Waals surface area contributed by atoms with Crippen LogP contribution in [0.1, 0.15) is 18.4 Å². The third-order valence-electron chi connectivity index (χ3n) is 5.02. The highest BCUT2D eigenvalue weighted by atomic mass is 16.5. The molecule has 0 bridgehead atoms. The third-order valence-corrected chi connectivity index (χ3v) is 5.02. The van der Waals surface area contributed by atoms with Crippen LogP contribution in [0.5, 0.6) is 11.5 Å². The molecule has 2 saturated heterocycles. The van der Waals surface area contributed by atoms with Crippen LogP contribution in [-0.2, 0) is 11.3 Å². The molecule has 25 heavy (non-hydrogen) atoms. The summed E-state index contributed by atoms with van der Waals surface area (Å²) in [6.45, 7) is 2.84. The molecule has 2 fully saturated rings. The van der Waals surface area contributed by atoms with Crippen molar-refractivity contribution in [2.75, 3.05) is 40.4 Å². The first-order valence-electron chi connectivity index (χ1n) is 8.66. The van der Waals surface area contributed by atoms with E-state index in [-0.39, 0.29) is 11.9 Å². The Morgan fingerprint density at radius 1 is 1.32 bits per heavy atom. The summed E-state index contributed by atoms with van der Waals surface area (Å²) in [5.41, 5.74) is 5.33. The number of hydrogen-bond acceptors (Lipinski definition) is 6. The topological polar surface area (TPSA) is 88.3 Å². The van der Waals surface area contributed by atoms with Crippen LogP contribution in [0.4, 0.5) is 0 Å². The highest BCUT2D eigenvalue weighted by molar-refractivity contribution is 5.86. The summed E-state index contributed by atoms with van der Waals surface area (Å²) in [5, 5.41) is 10.9. The van der Waals surface area contributed by atoms with E-state index < -0.39 is 5.60 Å². The van der Waals surface area contributed by atoms with E-state index in [0.29, 0.717) is 37.6 Å². The van der Waals surface area contributed by atoms with Gasteiger partial charge in [-0.25, -0.2) is 0 Å². The number of carbonyl (C=O) groups is 1. The third kappa shape index (κ3) is 3.58. The molecule has 1 amide bonds. The lowest BCUT2D eigenvalue weighted by atomic mass is 9.89. The fourth-order valence-electron chi connectivity index (χ4n) is 3.76. The van der Waals surface area contributed by atoms with Gasteiger partial charge in [-0.2, -0.15) is 0 Å². The van der Waals surface area contributed by atoms with Crippen molar-refractivity contribution >= 4 is 5.91 Å². The molecule has 7 nitrogen and oxygen atoms in total. The predicted molar refractivity (Wildman–Crippen MR) is 93.6 cm³/mol. The number of amides is 1. The van der Waals surface area contributed by atoms with Gasteiger partial charge in [-0.1, -0.05) is 12.1 Å². The average Bonchev–Trinajstić information content (AvgIpc) is 2.57. The van der Waals surface area contributed by atoms with E-state index in [2.05, 4.69) is 0 Å². The summed E-state index contributed by atoms with van der Waals surface area (Å²) in [6.07, 6.45) is 1.26. The second-order valence-electron chi connectivity index (χ2n) is 6.97. The van der Waals surface area contributed by atoms with Crippen LogP contribution >= 0.6 is 0 Å². The number of hydrogen-bond donors (Lipinski definition) is 2. The first-order valence-corrected chi connectivity index (χ1v) is 8.66. The molecule has 1 aromatic carbocycles. The maximum absolute atomic E-state index is 12.9. The SMILES string of the molecule is COc1cccc(CN2CCC[C@@](O)(CN3CC(N)C3)C2=O)c1OC. The molecule has 0 unspecified atom stereocenters. The van der Waals surface area contributed by atoms with E-state index in [0.717, 1.165) is 25.1 Å². The molecule has 1 aromatic rings. The molecular weight excluding hydrogens is 322 g/mol.